The van der Waals surface area contributed by atoms with Crippen LogP contribution in [0.1, 0.15) is 10.4 Å². The topological polar surface area (TPSA) is 82.7 Å². The van der Waals surface area contributed by atoms with E-state index in [0.717, 1.165) is 50.1 Å². The Bertz CT molecular complexity index is 1400. The number of fused-ring (bicyclic) bond motifs is 1. The number of rotatable bonds is 6. The highest BCUT2D eigenvalue weighted by Gasteiger charge is 2.20. The number of aromatic nitrogens is 2. The number of methoxy groups -OCH3 is 1. The van der Waals surface area contributed by atoms with Crippen LogP contribution in [0.5, 0.6) is 17.2 Å². The number of nitrogens with one attached hydrogen (secondary N) is 2. The number of nitrogens with zero attached hydrogens (tertiary/aromatic N) is 3. The van der Waals surface area contributed by atoms with Crippen LogP contribution in [-0.2, 0) is 0 Å². The number of halogens is 2. The van der Waals surface area contributed by atoms with Crippen LogP contribution in [0.15, 0.2) is 54.6 Å². The molecule has 5 rings (SSSR count). The van der Waals surface area contributed by atoms with Crippen LogP contribution in [-0.4, -0.2) is 61.3 Å². The summed E-state index contributed by atoms with van der Waals surface area (Å²) in [6.07, 6.45) is 0. The fraction of sp³-hybridized carbons (Fsp3) is 0.231. The number of aromatic amines is 1. The van der Waals surface area contributed by atoms with E-state index in [1.165, 1.54) is 7.11 Å². The Labute approximate surface area is 206 Å². The molecule has 2 N–H and O–H groups in total. The van der Waals surface area contributed by atoms with Crippen molar-refractivity contribution in [2.24, 2.45) is 0 Å². The fourth-order valence-corrected chi connectivity index (χ4v) is 4.18. The molecular formula is C26H25F2N5O3. The van der Waals surface area contributed by atoms with Gasteiger partial charge in [-0.25, -0.2) is 8.78 Å². The first kappa shape index (κ1) is 23.6. The van der Waals surface area contributed by atoms with E-state index in [0.29, 0.717) is 28.0 Å². The molecule has 0 radical (unpaired) electrons. The summed E-state index contributed by atoms with van der Waals surface area (Å²) in [7, 11) is 3.63. The number of hydrogen-bond donors (Lipinski definition) is 2. The average molecular weight is 494 g/mol. The Morgan fingerprint density at radius 3 is 2.44 bits per heavy atom. The van der Waals surface area contributed by atoms with Crippen molar-refractivity contribution in [2.45, 2.75) is 0 Å². The van der Waals surface area contributed by atoms with Gasteiger partial charge in [-0.2, -0.15) is 5.10 Å². The second-order valence-electron chi connectivity index (χ2n) is 8.62. The lowest BCUT2D eigenvalue weighted by Gasteiger charge is -2.34. The van der Waals surface area contributed by atoms with Crippen LogP contribution in [0.3, 0.4) is 0 Å². The van der Waals surface area contributed by atoms with Crippen molar-refractivity contribution in [3.8, 4) is 17.2 Å². The minimum Gasteiger partial charge on any atom is -0.496 e. The van der Waals surface area contributed by atoms with E-state index in [-0.39, 0.29) is 17.5 Å². The molecule has 2 heterocycles. The molecule has 1 fully saturated rings. The van der Waals surface area contributed by atoms with E-state index in [1.807, 2.05) is 12.1 Å². The van der Waals surface area contributed by atoms with Crippen LogP contribution in [0.2, 0.25) is 0 Å². The minimum absolute atomic E-state index is 0.0195. The lowest BCUT2D eigenvalue weighted by atomic mass is 10.1. The molecular weight excluding hydrogens is 468 g/mol. The maximum atomic E-state index is 13.5. The molecule has 4 aromatic rings. The predicted molar refractivity (Wildman–Crippen MR) is 133 cm³/mol. The number of H-pyrrole nitrogens is 1. The summed E-state index contributed by atoms with van der Waals surface area (Å²) in [6, 6.07) is 13.4. The molecule has 0 bridgehead atoms. The number of piperazine rings is 1. The zero-order valence-electron chi connectivity index (χ0n) is 19.8. The summed E-state index contributed by atoms with van der Waals surface area (Å²) < 4.78 is 38.2. The molecule has 1 amide bonds. The van der Waals surface area contributed by atoms with Gasteiger partial charge in [0.1, 0.15) is 28.9 Å². The Balaban J connectivity index is 1.36. The third-order valence-electron chi connectivity index (χ3n) is 6.14. The lowest BCUT2D eigenvalue weighted by molar-refractivity contribution is 0.102. The number of ether oxygens (including phenoxy) is 2. The number of carbonyl (C=O) groups excluding carboxylic acids is 1. The van der Waals surface area contributed by atoms with Crippen molar-refractivity contribution in [1.82, 2.24) is 15.1 Å². The van der Waals surface area contributed by atoms with Gasteiger partial charge in [-0.15, -0.1) is 0 Å². The number of hydrogen-bond acceptors (Lipinski definition) is 6. The van der Waals surface area contributed by atoms with Crippen LogP contribution in [0, 0.1) is 11.6 Å². The SMILES string of the molecule is COc1cc(N2CCN(C)CC2)ccc1C(=O)Nc1n[nH]c2ccc(Oc3cc(F)cc(F)c3)cc12. The van der Waals surface area contributed by atoms with Crippen LogP contribution < -0.4 is 19.7 Å². The first-order valence-corrected chi connectivity index (χ1v) is 11.4. The Morgan fingerprint density at radius 1 is 0.972 bits per heavy atom. The van der Waals surface area contributed by atoms with Crippen molar-refractivity contribution in [2.75, 3.05) is 50.6 Å². The van der Waals surface area contributed by atoms with Crippen LogP contribution in [0.4, 0.5) is 20.3 Å². The number of carbonyl (C=O) groups is 1. The van der Waals surface area contributed by atoms with Crippen molar-refractivity contribution >= 4 is 28.3 Å². The van der Waals surface area contributed by atoms with Crippen molar-refractivity contribution in [3.63, 3.8) is 0 Å². The van der Waals surface area contributed by atoms with E-state index in [1.54, 1.807) is 24.3 Å². The molecule has 1 saturated heterocycles. The smallest absolute Gasteiger partial charge is 0.260 e. The molecule has 0 atom stereocenters. The maximum absolute atomic E-state index is 13.5. The molecule has 186 valence electrons. The highest BCUT2D eigenvalue weighted by atomic mass is 19.1. The van der Waals surface area contributed by atoms with Gasteiger partial charge < -0.3 is 24.6 Å². The van der Waals surface area contributed by atoms with Gasteiger partial charge in [-0.05, 0) is 37.4 Å². The first-order valence-electron chi connectivity index (χ1n) is 11.4. The van der Waals surface area contributed by atoms with Gasteiger partial charge in [0, 0.05) is 61.5 Å². The summed E-state index contributed by atoms with van der Waals surface area (Å²) in [5.41, 5.74) is 2.02. The van der Waals surface area contributed by atoms with Crippen molar-refractivity contribution < 1.29 is 23.0 Å². The second kappa shape index (κ2) is 9.82. The molecule has 3 aromatic carbocycles. The normalized spacial score (nSPS) is 14.2. The third-order valence-corrected chi connectivity index (χ3v) is 6.14. The van der Waals surface area contributed by atoms with Gasteiger partial charge >= 0.3 is 0 Å². The van der Waals surface area contributed by atoms with E-state index < -0.39 is 11.6 Å². The average Bonchev–Trinajstić information content (AvgIpc) is 3.25. The van der Waals surface area contributed by atoms with Gasteiger partial charge in [0.05, 0.1) is 18.2 Å². The minimum atomic E-state index is -0.741. The van der Waals surface area contributed by atoms with Crippen LogP contribution in [0.25, 0.3) is 10.9 Å². The van der Waals surface area contributed by atoms with Gasteiger partial charge in [-0.3, -0.25) is 9.89 Å². The highest BCUT2D eigenvalue weighted by Crippen LogP contribution is 2.31. The molecule has 0 saturated carbocycles. The number of benzene rings is 3. The zero-order chi connectivity index (χ0) is 25.2. The Hall–Kier alpha value is -4.18. The predicted octanol–water partition coefficient (Wildman–Crippen LogP) is 4.65. The van der Waals surface area contributed by atoms with Gasteiger partial charge in [-0.1, -0.05) is 0 Å². The zero-order valence-corrected chi connectivity index (χ0v) is 19.8. The largest absolute Gasteiger partial charge is 0.496 e. The monoisotopic (exact) mass is 493 g/mol. The quantitative estimate of drug-likeness (QED) is 0.407. The number of likely N-dealkylation sites (N-methyl/N-ethyl adjacent to an activating group) is 1. The molecule has 36 heavy (non-hydrogen) atoms. The van der Waals surface area contributed by atoms with Crippen LogP contribution >= 0.6 is 0 Å². The summed E-state index contributed by atoms with van der Waals surface area (Å²) >= 11 is 0. The molecule has 0 unspecified atom stereocenters. The summed E-state index contributed by atoms with van der Waals surface area (Å²) in [5, 5.41) is 10.4. The Kier molecular flexibility index (Phi) is 6.43. The maximum Gasteiger partial charge on any atom is 0.260 e. The van der Waals surface area contributed by atoms with E-state index in [4.69, 9.17) is 9.47 Å². The molecule has 1 aliphatic heterocycles. The summed E-state index contributed by atoms with van der Waals surface area (Å²) in [5.74, 6) is -0.768. The van der Waals surface area contributed by atoms with Gasteiger partial charge in [0.2, 0.25) is 0 Å². The molecule has 1 aliphatic rings. The summed E-state index contributed by atoms with van der Waals surface area (Å²) in [6.45, 7) is 3.74. The van der Waals surface area contributed by atoms with Crippen molar-refractivity contribution in [1.29, 1.82) is 0 Å². The van der Waals surface area contributed by atoms with Gasteiger partial charge in [0.15, 0.2) is 5.82 Å². The second-order valence-corrected chi connectivity index (χ2v) is 8.62. The lowest BCUT2D eigenvalue weighted by Crippen LogP contribution is -2.44. The van der Waals surface area contributed by atoms with Gasteiger partial charge in [0.25, 0.3) is 5.91 Å². The molecule has 10 heteroatoms. The van der Waals surface area contributed by atoms with Crippen molar-refractivity contribution in [3.05, 3.63) is 71.8 Å². The molecule has 0 spiro atoms. The number of anilines is 2. The highest BCUT2D eigenvalue weighted by molar-refractivity contribution is 6.09. The molecule has 8 nitrogen and oxygen atoms in total. The standard InChI is InChI=1S/C26H25F2N5O3/c1-32-7-9-33(10-8-32)18-3-5-21(24(14-18)35-2)26(34)29-25-22-15-19(4-6-23(22)30-31-25)36-20-12-16(27)11-17(28)13-20/h3-6,11-15H,7-10H2,1-2H3,(H2,29,30,31,34). The summed E-state index contributed by atoms with van der Waals surface area (Å²) in [4.78, 5) is 17.7. The Morgan fingerprint density at radius 2 is 1.72 bits per heavy atom. The first-order chi connectivity index (χ1) is 17.4. The van der Waals surface area contributed by atoms with E-state index in [9.17, 15) is 13.6 Å². The number of amides is 1. The van der Waals surface area contributed by atoms with E-state index in [2.05, 4.69) is 32.4 Å². The fourth-order valence-electron chi connectivity index (χ4n) is 4.18. The molecule has 1 aromatic heterocycles. The van der Waals surface area contributed by atoms with E-state index >= 15 is 0 Å². The third kappa shape index (κ3) is 4.94. The molecule has 0 aliphatic carbocycles.